The van der Waals surface area contributed by atoms with E-state index < -0.39 is 97.5 Å². The van der Waals surface area contributed by atoms with Gasteiger partial charge in [0, 0.05) is 25.7 Å². The molecule has 0 spiro atoms. The van der Waals surface area contributed by atoms with Crippen molar-refractivity contribution in [2.75, 3.05) is 39.6 Å². The molecule has 3 N–H and O–H groups in total. The first-order valence-corrected chi connectivity index (χ1v) is 40.2. The molecule has 0 fully saturated rings. The monoisotopic (exact) mass is 1340 g/mol. The van der Waals surface area contributed by atoms with Crippen LogP contribution in [0.15, 0.2) is 0 Å². The number of hydrogen-bond acceptors (Lipinski definition) is 15. The van der Waals surface area contributed by atoms with Gasteiger partial charge in [0.25, 0.3) is 0 Å². The highest BCUT2D eigenvalue weighted by Gasteiger charge is 2.30. The molecule has 0 radical (unpaired) electrons. The fraction of sp³-hybridized carbons (Fsp3) is 0.944. The Morgan fingerprint density at radius 2 is 0.527 bits per heavy atom. The zero-order valence-corrected chi connectivity index (χ0v) is 61.3. The van der Waals surface area contributed by atoms with Crippen LogP contribution in [0.1, 0.15) is 357 Å². The Morgan fingerprint density at radius 3 is 0.780 bits per heavy atom. The lowest BCUT2D eigenvalue weighted by atomic mass is 9.99. The van der Waals surface area contributed by atoms with Gasteiger partial charge in [-0.25, -0.2) is 9.13 Å². The van der Waals surface area contributed by atoms with Crippen molar-refractivity contribution in [1.82, 2.24) is 0 Å². The maximum atomic E-state index is 13.0. The average molecular weight is 1340 g/mol. The summed E-state index contributed by atoms with van der Waals surface area (Å²) < 4.78 is 68.4. The predicted molar refractivity (Wildman–Crippen MR) is 367 cm³/mol. The van der Waals surface area contributed by atoms with E-state index in [1.165, 1.54) is 154 Å². The van der Waals surface area contributed by atoms with E-state index in [1.807, 2.05) is 0 Å². The van der Waals surface area contributed by atoms with Gasteiger partial charge in [0.15, 0.2) is 12.2 Å². The topological polar surface area (TPSA) is 237 Å². The third-order valence-corrected chi connectivity index (χ3v) is 18.8. The van der Waals surface area contributed by atoms with Crippen molar-refractivity contribution in [2.45, 2.75) is 375 Å². The lowest BCUT2D eigenvalue weighted by Crippen LogP contribution is -2.30. The van der Waals surface area contributed by atoms with Gasteiger partial charge in [-0.1, -0.05) is 306 Å². The summed E-state index contributed by atoms with van der Waals surface area (Å²) in [6.07, 6.45) is 44.5. The maximum Gasteiger partial charge on any atom is 0.472 e. The summed E-state index contributed by atoms with van der Waals surface area (Å²) in [5, 5.41) is 10.6. The van der Waals surface area contributed by atoms with Crippen molar-refractivity contribution in [1.29, 1.82) is 0 Å². The molecule has 0 aliphatic rings. The van der Waals surface area contributed by atoms with Crippen molar-refractivity contribution in [3.63, 3.8) is 0 Å². The van der Waals surface area contributed by atoms with Crippen LogP contribution < -0.4 is 0 Å². The van der Waals surface area contributed by atoms with E-state index in [2.05, 4.69) is 55.4 Å². The molecule has 0 amide bonds. The quantitative estimate of drug-likeness (QED) is 0.0222. The molecule has 91 heavy (non-hydrogen) atoms. The number of aliphatic hydroxyl groups is 1. The summed E-state index contributed by atoms with van der Waals surface area (Å²) in [6, 6.07) is 0. The lowest BCUT2D eigenvalue weighted by molar-refractivity contribution is -0.161. The highest BCUT2D eigenvalue weighted by molar-refractivity contribution is 7.47. The number of rotatable bonds is 69. The molecule has 0 aromatic rings. The summed E-state index contributed by atoms with van der Waals surface area (Å²) in [6.45, 7) is 14.1. The van der Waals surface area contributed by atoms with E-state index in [9.17, 15) is 43.2 Å². The molecule has 0 aliphatic carbocycles. The van der Waals surface area contributed by atoms with Gasteiger partial charge in [0.2, 0.25) is 0 Å². The largest absolute Gasteiger partial charge is 0.472 e. The van der Waals surface area contributed by atoms with Crippen LogP contribution in [-0.2, 0) is 65.4 Å². The molecule has 0 aromatic heterocycles. The number of unbranched alkanes of at least 4 members (excludes halogenated alkanes) is 34. The number of carbonyl (C=O) groups excluding carboxylic acids is 4. The standard InChI is InChI=1S/C72H140O17P2/c1-9-65(8)51-43-35-26-20-15-17-21-27-36-44-52-69(74)82-58-67(88-71(76)54-46-38-28-22-13-11-10-12-18-24-32-40-48-62(2)3)60-86-90(78,79)84-56-66(73)57-85-91(80,81)87-61-68(59-83-70(75)53-45-37-31-30-34-42-50-64(6)7)89-72(77)55-47-39-29-23-16-14-19-25-33-41-49-63(4)5/h62-68,73H,9-61H2,1-8H3,(H,78,79)(H,80,81)/t65?,66-,67-,68-/m1/s1. The Balaban J connectivity index is 5.26. The molecule has 0 saturated carbocycles. The van der Waals surface area contributed by atoms with Crippen molar-refractivity contribution < 1.29 is 80.2 Å². The first-order valence-electron chi connectivity index (χ1n) is 37.2. The van der Waals surface area contributed by atoms with Crippen molar-refractivity contribution in [3.8, 4) is 0 Å². The summed E-state index contributed by atoms with van der Waals surface area (Å²) in [7, 11) is -9.91. The van der Waals surface area contributed by atoms with Crippen LogP contribution in [0.3, 0.4) is 0 Å². The van der Waals surface area contributed by atoms with Crippen LogP contribution in [0.4, 0.5) is 0 Å². The normalized spacial score (nSPS) is 14.5. The molecule has 3 unspecified atom stereocenters. The van der Waals surface area contributed by atoms with Gasteiger partial charge in [-0.15, -0.1) is 0 Å². The van der Waals surface area contributed by atoms with Crippen LogP contribution in [0.5, 0.6) is 0 Å². The van der Waals surface area contributed by atoms with Crippen LogP contribution in [-0.4, -0.2) is 96.7 Å². The molecule has 0 bridgehead atoms. The Labute approximate surface area is 556 Å². The van der Waals surface area contributed by atoms with Gasteiger partial charge in [-0.2, -0.15) is 0 Å². The molecule has 0 heterocycles. The minimum absolute atomic E-state index is 0.104. The summed E-state index contributed by atoms with van der Waals surface area (Å²) >= 11 is 0. The fourth-order valence-corrected chi connectivity index (χ4v) is 12.4. The number of esters is 4. The molecule has 0 aromatic carbocycles. The molecule has 0 saturated heterocycles. The Kier molecular flexibility index (Phi) is 60.3. The highest BCUT2D eigenvalue weighted by atomic mass is 31.2. The smallest absolute Gasteiger partial charge is 0.462 e. The predicted octanol–water partition coefficient (Wildman–Crippen LogP) is 20.5. The van der Waals surface area contributed by atoms with Crippen molar-refractivity contribution in [3.05, 3.63) is 0 Å². The summed E-state index contributed by atoms with van der Waals surface area (Å²) in [4.78, 5) is 72.6. The number of aliphatic hydroxyl groups excluding tert-OH is 1. The van der Waals surface area contributed by atoms with Crippen LogP contribution in [0.2, 0.25) is 0 Å². The van der Waals surface area contributed by atoms with E-state index in [0.717, 1.165) is 114 Å². The average Bonchev–Trinajstić information content (AvgIpc) is 2.10. The van der Waals surface area contributed by atoms with Gasteiger partial charge >= 0.3 is 39.5 Å². The zero-order valence-electron chi connectivity index (χ0n) is 59.5. The summed E-state index contributed by atoms with van der Waals surface area (Å²) in [5.74, 6) is 0.890. The van der Waals surface area contributed by atoms with Crippen molar-refractivity contribution in [2.24, 2.45) is 23.7 Å². The lowest BCUT2D eigenvalue weighted by Gasteiger charge is -2.21. The molecule has 17 nitrogen and oxygen atoms in total. The second kappa shape index (κ2) is 61.6. The second-order valence-corrected chi connectivity index (χ2v) is 30.6. The zero-order chi connectivity index (χ0) is 67.5. The third kappa shape index (κ3) is 65.1. The van der Waals surface area contributed by atoms with Gasteiger partial charge < -0.3 is 33.8 Å². The van der Waals surface area contributed by atoms with Gasteiger partial charge in [-0.05, 0) is 49.4 Å². The molecule has 6 atom stereocenters. The molecule has 540 valence electrons. The van der Waals surface area contributed by atoms with E-state index in [1.54, 1.807) is 0 Å². The van der Waals surface area contributed by atoms with Crippen LogP contribution in [0, 0.1) is 23.7 Å². The Bertz CT molecular complexity index is 1800. The van der Waals surface area contributed by atoms with Gasteiger partial charge in [0.05, 0.1) is 26.4 Å². The minimum atomic E-state index is -4.95. The number of hydrogen-bond donors (Lipinski definition) is 3. The Hall–Kier alpha value is -1.94. The summed E-state index contributed by atoms with van der Waals surface area (Å²) in [5.41, 5.74) is 0. The highest BCUT2D eigenvalue weighted by Crippen LogP contribution is 2.45. The SMILES string of the molecule is CCC(C)CCCCCCCCCCCCC(=O)OC[C@H](COP(=O)(O)OC[C@@H](O)COP(=O)(O)OC[C@@H](COC(=O)CCCCCCCCC(C)C)OC(=O)CCCCCCCCCCCCC(C)C)OC(=O)CCCCCCCCCCCCCCC(C)C. The number of carbonyl (C=O) groups is 4. The maximum absolute atomic E-state index is 13.0. The van der Waals surface area contributed by atoms with E-state index >= 15 is 0 Å². The van der Waals surface area contributed by atoms with E-state index in [4.69, 9.17) is 37.0 Å². The van der Waals surface area contributed by atoms with Gasteiger partial charge in [-0.3, -0.25) is 37.3 Å². The molecule has 0 aliphatic heterocycles. The number of phosphoric ester groups is 2. The fourth-order valence-electron chi connectivity index (χ4n) is 10.8. The number of ether oxygens (including phenoxy) is 4. The molecule has 0 rings (SSSR count). The van der Waals surface area contributed by atoms with Gasteiger partial charge in [0.1, 0.15) is 19.3 Å². The minimum Gasteiger partial charge on any atom is -0.462 e. The Morgan fingerprint density at radius 1 is 0.308 bits per heavy atom. The number of phosphoric acid groups is 2. The van der Waals surface area contributed by atoms with Crippen molar-refractivity contribution >= 4 is 39.5 Å². The van der Waals surface area contributed by atoms with Crippen LogP contribution in [0.25, 0.3) is 0 Å². The van der Waals surface area contributed by atoms with E-state index in [-0.39, 0.29) is 25.7 Å². The van der Waals surface area contributed by atoms with Crippen LogP contribution >= 0.6 is 15.6 Å². The third-order valence-electron chi connectivity index (χ3n) is 16.9. The molecular weight excluding hydrogens is 1200 g/mol. The molecular formula is C72H140O17P2. The first-order chi connectivity index (χ1) is 43.6. The molecule has 19 heteroatoms. The first kappa shape index (κ1) is 89.1. The van der Waals surface area contributed by atoms with E-state index in [0.29, 0.717) is 31.6 Å². The second-order valence-electron chi connectivity index (χ2n) is 27.6.